The largest absolute Gasteiger partial charge is 0.444 e. The third kappa shape index (κ3) is 6.23. The molecule has 4 rings (SSSR count). The monoisotopic (exact) mass is 446 g/mol. The highest BCUT2D eigenvalue weighted by molar-refractivity contribution is 5.79. The van der Waals surface area contributed by atoms with E-state index in [-0.39, 0.29) is 6.10 Å². The Balaban J connectivity index is 1.26. The molecule has 6 nitrogen and oxygen atoms in total. The van der Waals surface area contributed by atoms with Gasteiger partial charge in [-0.2, -0.15) is 0 Å². The number of aromatic nitrogens is 1. The van der Waals surface area contributed by atoms with Crippen LogP contribution in [0.2, 0.25) is 0 Å². The Morgan fingerprint density at radius 1 is 1.03 bits per heavy atom. The first kappa shape index (κ1) is 23.1. The van der Waals surface area contributed by atoms with Crippen molar-refractivity contribution >= 4 is 5.96 Å². The topological polar surface area (TPSA) is 71.7 Å². The van der Waals surface area contributed by atoms with Gasteiger partial charge >= 0.3 is 0 Å². The molecule has 33 heavy (non-hydrogen) atoms. The Bertz CT molecular complexity index is 1040. The first-order valence-corrected chi connectivity index (χ1v) is 11.8. The Morgan fingerprint density at radius 3 is 2.48 bits per heavy atom. The van der Waals surface area contributed by atoms with Crippen LogP contribution in [0.5, 0.6) is 0 Å². The maximum atomic E-state index is 6.15. The Hall–Kier alpha value is -3.12. The van der Waals surface area contributed by atoms with Crippen molar-refractivity contribution in [1.29, 1.82) is 0 Å². The minimum Gasteiger partial charge on any atom is -0.444 e. The lowest BCUT2D eigenvalue weighted by atomic mass is 9.89. The SMILES string of the molecule is CN=C(NCCc1coc(-c2ccc(C)cc2)n1)NCC1CCCOC1c1ccc(C)cc1. The van der Waals surface area contributed by atoms with Gasteiger partial charge in [-0.15, -0.1) is 0 Å². The number of aryl methyl sites for hydroxylation is 2. The minimum absolute atomic E-state index is 0.125. The zero-order valence-electron chi connectivity index (χ0n) is 19.8. The number of hydrogen-bond donors (Lipinski definition) is 2. The van der Waals surface area contributed by atoms with Crippen molar-refractivity contribution in [3.05, 3.63) is 77.2 Å². The van der Waals surface area contributed by atoms with E-state index in [1.54, 1.807) is 13.3 Å². The van der Waals surface area contributed by atoms with E-state index < -0.39 is 0 Å². The second-order valence-corrected chi connectivity index (χ2v) is 8.74. The maximum absolute atomic E-state index is 6.15. The summed E-state index contributed by atoms with van der Waals surface area (Å²) < 4.78 is 11.8. The molecule has 1 aliphatic heterocycles. The van der Waals surface area contributed by atoms with Gasteiger partial charge in [0, 0.05) is 44.6 Å². The Morgan fingerprint density at radius 2 is 1.76 bits per heavy atom. The second-order valence-electron chi connectivity index (χ2n) is 8.74. The molecule has 2 N–H and O–H groups in total. The van der Waals surface area contributed by atoms with Crippen LogP contribution in [0.3, 0.4) is 0 Å². The quantitative estimate of drug-likeness (QED) is 0.402. The second kappa shape index (κ2) is 11.1. The molecule has 0 spiro atoms. The summed E-state index contributed by atoms with van der Waals surface area (Å²) in [6.07, 6.45) is 4.85. The molecule has 2 heterocycles. The highest BCUT2D eigenvalue weighted by atomic mass is 16.5. The Kier molecular flexibility index (Phi) is 7.79. The van der Waals surface area contributed by atoms with Gasteiger partial charge in [-0.3, -0.25) is 4.99 Å². The summed E-state index contributed by atoms with van der Waals surface area (Å²) in [7, 11) is 1.80. The number of aliphatic imine (C=N–C) groups is 1. The standard InChI is InChI=1S/C27H34N4O2/c1-19-6-10-21(11-7-19)25-23(5-4-16-32-25)17-30-27(28-3)29-15-14-24-18-33-26(31-24)22-12-8-20(2)9-13-22/h6-13,18,23,25H,4-5,14-17H2,1-3H3,(H2,28,29,30). The lowest BCUT2D eigenvalue weighted by Gasteiger charge is -2.32. The average Bonchev–Trinajstić information content (AvgIpc) is 3.31. The van der Waals surface area contributed by atoms with Gasteiger partial charge in [-0.25, -0.2) is 4.98 Å². The summed E-state index contributed by atoms with van der Waals surface area (Å²) >= 11 is 0. The van der Waals surface area contributed by atoms with Gasteiger partial charge in [0.25, 0.3) is 0 Å². The summed E-state index contributed by atoms with van der Waals surface area (Å²) in [4.78, 5) is 9.00. The van der Waals surface area contributed by atoms with Crippen molar-refractivity contribution in [3.63, 3.8) is 0 Å². The molecule has 2 unspecified atom stereocenters. The summed E-state index contributed by atoms with van der Waals surface area (Å²) in [5.41, 5.74) is 5.67. The van der Waals surface area contributed by atoms with E-state index in [4.69, 9.17) is 9.15 Å². The molecule has 0 radical (unpaired) electrons. The summed E-state index contributed by atoms with van der Waals surface area (Å²) in [5.74, 6) is 1.87. The van der Waals surface area contributed by atoms with E-state index in [0.29, 0.717) is 11.8 Å². The van der Waals surface area contributed by atoms with Gasteiger partial charge in [0.15, 0.2) is 5.96 Å². The molecule has 0 bridgehead atoms. The van der Waals surface area contributed by atoms with Crippen LogP contribution in [0.15, 0.2) is 64.2 Å². The Labute approximate surface area is 196 Å². The molecule has 3 aromatic rings. The third-order valence-electron chi connectivity index (χ3n) is 6.13. The van der Waals surface area contributed by atoms with Crippen LogP contribution in [-0.2, 0) is 11.2 Å². The summed E-state index contributed by atoms with van der Waals surface area (Å²) in [6, 6.07) is 16.9. The number of benzene rings is 2. The average molecular weight is 447 g/mol. The lowest BCUT2D eigenvalue weighted by Crippen LogP contribution is -2.42. The highest BCUT2D eigenvalue weighted by Gasteiger charge is 2.27. The van der Waals surface area contributed by atoms with Crippen molar-refractivity contribution in [3.8, 4) is 11.5 Å². The fraction of sp³-hybridized carbons (Fsp3) is 0.407. The summed E-state index contributed by atoms with van der Waals surface area (Å²) in [6.45, 7) is 6.55. The molecule has 2 aromatic carbocycles. The number of nitrogens with zero attached hydrogens (tertiary/aromatic N) is 2. The summed E-state index contributed by atoms with van der Waals surface area (Å²) in [5, 5.41) is 6.88. The van der Waals surface area contributed by atoms with E-state index in [0.717, 1.165) is 56.2 Å². The fourth-order valence-electron chi connectivity index (χ4n) is 4.18. The van der Waals surface area contributed by atoms with Crippen LogP contribution < -0.4 is 10.6 Å². The molecule has 6 heteroatoms. The predicted octanol–water partition coefficient (Wildman–Crippen LogP) is 4.83. The van der Waals surface area contributed by atoms with E-state index in [1.165, 1.54) is 16.7 Å². The number of hydrogen-bond acceptors (Lipinski definition) is 4. The van der Waals surface area contributed by atoms with Crippen molar-refractivity contribution in [2.75, 3.05) is 26.7 Å². The lowest BCUT2D eigenvalue weighted by molar-refractivity contribution is -0.0265. The van der Waals surface area contributed by atoms with Crippen LogP contribution in [0.4, 0.5) is 0 Å². The molecule has 2 atom stereocenters. The molecule has 1 fully saturated rings. The molecule has 0 saturated carbocycles. The number of rotatable bonds is 7. The fourth-order valence-corrected chi connectivity index (χ4v) is 4.18. The smallest absolute Gasteiger partial charge is 0.226 e. The van der Waals surface area contributed by atoms with Gasteiger partial charge < -0.3 is 19.8 Å². The van der Waals surface area contributed by atoms with Crippen LogP contribution >= 0.6 is 0 Å². The van der Waals surface area contributed by atoms with Gasteiger partial charge in [0.2, 0.25) is 5.89 Å². The van der Waals surface area contributed by atoms with Crippen LogP contribution in [-0.4, -0.2) is 37.7 Å². The number of guanidine groups is 1. The van der Waals surface area contributed by atoms with Crippen LogP contribution in [0, 0.1) is 19.8 Å². The number of oxazole rings is 1. The minimum atomic E-state index is 0.125. The molecule has 1 aliphatic rings. The predicted molar refractivity (Wildman–Crippen MR) is 132 cm³/mol. The first-order chi connectivity index (χ1) is 16.1. The van der Waals surface area contributed by atoms with Gasteiger partial charge in [0.1, 0.15) is 6.26 Å². The van der Waals surface area contributed by atoms with Crippen molar-refractivity contribution in [1.82, 2.24) is 15.6 Å². The maximum Gasteiger partial charge on any atom is 0.226 e. The number of ether oxygens (including phenoxy) is 1. The normalized spacial score (nSPS) is 18.8. The molecular formula is C27H34N4O2. The molecule has 1 aromatic heterocycles. The van der Waals surface area contributed by atoms with Crippen molar-refractivity contribution in [2.45, 2.75) is 39.2 Å². The third-order valence-corrected chi connectivity index (χ3v) is 6.13. The van der Waals surface area contributed by atoms with Crippen LogP contribution in [0.1, 0.15) is 41.3 Å². The number of nitrogens with one attached hydrogen (secondary N) is 2. The molecule has 174 valence electrons. The first-order valence-electron chi connectivity index (χ1n) is 11.8. The van der Waals surface area contributed by atoms with Crippen LogP contribution in [0.25, 0.3) is 11.5 Å². The van der Waals surface area contributed by atoms with E-state index in [2.05, 4.69) is 70.9 Å². The van der Waals surface area contributed by atoms with E-state index in [1.807, 2.05) is 12.1 Å². The zero-order valence-corrected chi connectivity index (χ0v) is 19.8. The van der Waals surface area contributed by atoms with Crippen molar-refractivity contribution in [2.24, 2.45) is 10.9 Å². The molecule has 0 amide bonds. The molecular weight excluding hydrogens is 412 g/mol. The molecule has 1 saturated heterocycles. The zero-order chi connectivity index (χ0) is 23.0. The highest BCUT2D eigenvalue weighted by Crippen LogP contribution is 2.33. The van der Waals surface area contributed by atoms with Gasteiger partial charge in [0.05, 0.1) is 11.8 Å². The van der Waals surface area contributed by atoms with E-state index >= 15 is 0 Å². The van der Waals surface area contributed by atoms with Crippen molar-refractivity contribution < 1.29 is 9.15 Å². The van der Waals surface area contributed by atoms with Gasteiger partial charge in [-0.1, -0.05) is 47.5 Å². The molecule has 0 aliphatic carbocycles. The van der Waals surface area contributed by atoms with E-state index in [9.17, 15) is 0 Å². The van der Waals surface area contributed by atoms with Gasteiger partial charge in [-0.05, 0) is 44.4 Å².